The van der Waals surface area contributed by atoms with Crippen molar-refractivity contribution < 1.29 is 23.7 Å². The van der Waals surface area contributed by atoms with Crippen LogP contribution in [0.15, 0.2) is 18.2 Å². The Morgan fingerprint density at radius 3 is 2.73 bits per heavy atom. The van der Waals surface area contributed by atoms with Crippen molar-refractivity contribution in [2.24, 2.45) is 0 Å². The van der Waals surface area contributed by atoms with E-state index in [1.54, 1.807) is 14.2 Å². The van der Waals surface area contributed by atoms with Crippen molar-refractivity contribution in [3.05, 3.63) is 23.8 Å². The molecule has 3 heterocycles. The van der Waals surface area contributed by atoms with Gasteiger partial charge in [0.2, 0.25) is 5.91 Å². The first kappa shape index (κ1) is 21.4. The maximum atomic E-state index is 12.2. The smallest absolute Gasteiger partial charge is 0.249 e. The molecule has 1 amide bonds. The monoisotopic (exact) mass is 418 g/mol. The lowest BCUT2D eigenvalue weighted by Crippen LogP contribution is -2.45. The number of ether oxygens (including phenoxy) is 4. The van der Waals surface area contributed by atoms with Gasteiger partial charge in [0.25, 0.3) is 0 Å². The summed E-state index contributed by atoms with van der Waals surface area (Å²) in [5.74, 6) is 1.69. The zero-order chi connectivity index (χ0) is 21.0. The molecule has 0 aliphatic carbocycles. The number of benzene rings is 1. The van der Waals surface area contributed by atoms with Gasteiger partial charge in [0.05, 0.1) is 25.9 Å². The zero-order valence-corrected chi connectivity index (χ0v) is 18.2. The van der Waals surface area contributed by atoms with Crippen molar-refractivity contribution in [2.75, 3.05) is 40.5 Å². The number of methoxy groups -OCH3 is 2. The van der Waals surface area contributed by atoms with Crippen LogP contribution in [0.5, 0.6) is 11.5 Å². The summed E-state index contributed by atoms with van der Waals surface area (Å²) in [5.41, 5.74) is 1.15. The molecule has 0 unspecified atom stereocenters. The molecule has 1 spiro atoms. The van der Waals surface area contributed by atoms with Gasteiger partial charge in [0.1, 0.15) is 17.6 Å². The van der Waals surface area contributed by atoms with Gasteiger partial charge < -0.3 is 24.3 Å². The molecule has 3 aliphatic heterocycles. The molecule has 1 aromatic carbocycles. The molecule has 4 rings (SSSR count). The number of hydrogen-bond donors (Lipinski definition) is 1. The highest BCUT2D eigenvalue weighted by atomic mass is 16.5. The van der Waals surface area contributed by atoms with E-state index in [0.29, 0.717) is 13.2 Å². The first-order valence-corrected chi connectivity index (χ1v) is 11.1. The molecule has 1 N–H and O–H groups in total. The molecule has 0 bridgehead atoms. The van der Waals surface area contributed by atoms with Crippen LogP contribution in [-0.4, -0.2) is 69.1 Å². The van der Waals surface area contributed by atoms with Crippen LogP contribution in [0.3, 0.4) is 0 Å². The number of amides is 1. The lowest BCUT2D eigenvalue weighted by Gasteiger charge is -2.39. The van der Waals surface area contributed by atoms with Gasteiger partial charge in [0, 0.05) is 44.4 Å². The Hall–Kier alpha value is -1.83. The van der Waals surface area contributed by atoms with Gasteiger partial charge in [-0.3, -0.25) is 9.69 Å². The molecular weight excluding hydrogens is 384 g/mol. The summed E-state index contributed by atoms with van der Waals surface area (Å²) in [6.45, 7) is 4.16. The molecule has 0 saturated carbocycles. The first-order valence-electron chi connectivity index (χ1n) is 11.1. The predicted molar refractivity (Wildman–Crippen MR) is 113 cm³/mol. The summed E-state index contributed by atoms with van der Waals surface area (Å²) in [4.78, 5) is 14.6. The third kappa shape index (κ3) is 4.90. The number of nitrogens with zero attached hydrogens (tertiary/aromatic N) is 1. The largest absolute Gasteiger partial charge is 0.497 e. The molecular formula is C23H34N2O5. The number of nitrogens with one attached hydrogen (secondary N) is 1. The number of piperidine rings is 1. The summed E-state index contributed by atoms with van der Waals surface area (Å²) >= 11 is 0. The quantitative estimate of drug-likeness (QED) is 0.734. The van der Waals surface area contributed by atoms with Crippen molar-refractivity contribution in [3.63, 3.8) is 0 Å². The normalized spacial score (nSPS) is 26.1. The van der Waals surface area contributed by atoms with Crippen LogP contribution in [-0.2, 0) is 20.8 Å². The van der Waals surface area contributed by atoms with Gasteiger partial charge >= 0.3 is 0 Å². The van der Waals surface area contributed by atoms with Gasteiger partial charge in [-0.2, -0.15) is 0 Å². The Balaban J connectivity index is 1.24. The Bertz CT molecular complexity index is 726. The van der Waals surface area contributed by atoms with Gasteiger partial charge in [-0.1, -0.05) is 6.07 Å². The fourth-order valence-electron chi connectivity index (χ4n) is 4.86. The van der Waals surface area contributed by atoms with Crippen LogP contribution in [0.1, 0.15) is 44.1 Å². The van der Waals surface area contributed by atoms with Gasteiger partial charge in [-0.05, 0) is 44.6 Å². The Kier molecular flexibility index (Phi) is 6.80. The third-order valence-electron chi connectivity index (χ3n) is 6.72. The van der Waals surface area contributed by atoms with Gasteiger partial charge in [0.15, 0.2) is 0 Å². The highest BCUT2D eigenvalue weighted by Crippen LogP contribution is 2.39. The van der Waals surface area contributed by atoms with E-state index in [0.717, 1.165) is 69.7 Å². The fourth-order valence-corrected chi connectivity index (χ4v) is 4.86. The van der Waals surface area contributed by atoms with E-state index >= 15 is 0 Å². The zero-order valence-electron chi connectivity index (χ0n) is 18.2. The summed E-state index contributed by atoms with van der Waals surface area (Å²) in [7, 11) is 3.37. The van der Waals surface area contributed by atoms with Crippen LogP contribution < -0.4 is 14.8 Å². The lowest BCUT2D eigenvalue weighted by atomic mass is 9.88. The van der Waals surface area contributed by atoms with E-state index in [9.17, 15) is 4.79 Å². The molecule has 3 fully saturated rings. The maximum Gasteiger partial charge on any atom is 0.249 e. The summed E-state index contributed by atoms with van der Waals surface area (Å²) in [6.07, 6.45) is 5.80. The number of rotatable bonds is 7. The highest BCUT2D eigenvalue weighted by Gasteiger charge is 2.42. The molecule has 3 saturated heterocycles. The van der Waals surface area contributed by atoms with Crippen LogP contribution in [0.4, 0.5) is 0 Å². The summed E-state index contributed by atoms with van der Waals surface area (Å²) in [6, 6.07) is 6.01. The molecule has 0 radical (unpaired) electrons. The van der Waals surface area contributed by atoms with E-state index in [-0.39, 0.29) is 23.7 Å². The first-order chi connectivity index (χ1) is 14.6. The molecule has 30 heavy (non-hydrogen) atoms. The van der Waals surface area contributed by atoms with Crippen LogP contribution in [0, 0.1) is 0 Å². The minimum absolute atomic E-state index is 0.0142. The SMILES string of the molecule is COc1ccc(CN2CCC3(CC[C@@H](CNC(=O)[C@@H]4CCCO4)O3)CC2)c(OC)c1. The Morgan fingerprint density at radius 2 is 2.03 bits per heavy atom. The molecule has 0 aromatic heterocycles. The number of hydrogen-bond acceptors (Lipinski definition) is 6. The standard InChI is InChI=1S/C23H34N2O5/c1-27-18-6-5-17(21(14-18)28-2)16-25-11-9-23(10-12-25)8-7-19(30-23)15-24-22(26)20-4-3-13-29-20/h5-6,14,19-20H,3-4,7-13,15-16H2,1-2H3,(H,24,26)/t19-,20-/m0/s1. The molecule has 166 valence electrons. The van der Waals surface area contributed by atoms with E-state index in [1.165, 1.54) is 5.56 Å². The second kappa shape index (κ2) is 9.54. The van der Waals surface area contributed by atoms with Crippen LogP contribution in [0.25, 0.3) is 0 Å². The summed E-state index contributed by atoms with van der Waals surface area (Å²) < 4.78 is 22.7. The van der Waals surface area contributed by atoms with Crippen molar-refractivity contribution in [1.29, 1.82) is 0 Å². The minimum atomic E-state index is -0.265. The topological polar surface area (TPSA) is 69.3 Å². The Labute approximate surface area is 179 Å². The van der Waals surface area contributed by atoms with Crippen LogP contribution in [0.2, 0.25) is 0 Å². The second-order valence-corrected chi connectivity index (χ2v) is 8.66. The van der Waals surface area contributed by atoms with Gasteiger partial charge in [-0.25, -0.2) is 0 Å². The summed E-state index contributed by atoms with van der Waals surface area (Å²) in [5, 5.41) is 3.03. The average Bonchev–Trinajstić information content (AvgIpc) is 3.45. The minimum Gasteiger partial charge on any atom is -0.497 e. The van der Waals surface area contributed by atoms with E-state index in [2.05, 4.69) is 16.3 Å². The Morgan fingerprint density at radius 1 is 1.20 bits per heavy atom. The molecule has 2 atom stereocenters. The average molecular weight is 419 g/mol. The van der Waals surface area contributed by atoms with E-state index in [1.807, 2.05) is 12.1 Å². The van der Waals surface area contributed by atoms with Crippen molar-refractivity contribution in [2.45, 2.75) is 62.9 Å². The van der Waals surface area contributed by atoms with Gasteiger partial charge in [-0.15, -0.1) is 0 Å². The maximum absolute atomic E-state index is 12.2. The fraction of sp³-hybridized carbons (Fsp3) is 0.696. The molecule has 3 aliphatic rings. The van der Waals surface area contributed by atoms with E-state index < -0.39 is 0 Å². The molecule has 1 aromatic rings. The molecule has 7 nitrogen and oxygen atoms in total. The lowest BCUT2D eigenvalue weighted by molar-refractivity contribution is -0.131. The van der Waals surface area contributed by atoms with Crippen molar-refractivity contribution in [3.8, 4) is 11.5 Å². The molecule has 7 heteroatoms. The highest BCUT2D eigenvalue weighted by molar-refractivity contribution is 5.80. The van der Waals surface area contributed by atoms with Crippen LogP contribution >= 0.6 is 0 Å². The van der Waals surface area contributed by atoms with E-state index in [4.69, 9.17) is 18.9 Å². The third-order valence-corrected chi connectivity index (χ3v) is 6.72. The number of likely N-dealkylation sites (tertiary alicyclic amines) is 1. The second-order valence-electron chi connectivity index (χ2n) is 8.66. The number of carbonyl (C=O) groups excluding carboxylic acids is 1. The van der Waals surface area contributed by atoms with Crippen molar-refractivity contribution in [1.82, 2.24) is 10.2 Å². The number of carbonyl (C=O) groups is 1. The predicted octanol–water partition coefficient (Wildman–Crippen LogP) is 2.51. The van der Waals surface area contributed by atoms with Crippen molar-refractivity contribution >= 4 is 5.91 Å².